The number of amides is 1. The van der Waals surface area contributed by atoms with Gasteiger partial charge in [0.25, 0.3) is 5.91 Å². The first-order chi connectivity index (χ1) is 6.79. The summed E-state index contributed by atoms with van der Waals surface area (Å²) in [6, 6.07) is 7.74. The Morgan fingerprint density at radius 1 is 1.29 bits per heavy atom. The van der Waals surface area contributed by atoms with Gasteiger partial charge in [-0.1, -0.05) is 38.5 Å². The fraction of sp³-hybridized carbons (Fsp3) is 0.417. The summed E-state index contributed by atoms with van der Waals surface area (Å²) < 4.78 is 0. The minimum Gasteiger partial charge on any atom is -0.352 e. The number of fused-ring (bicyclic) bond motifs is 1. The summed E-state index contributed by atoms with van der Waals surface area (Å²) in [7, 11) is 0. The molecule has 0 bridgehead atoms. The van der Waals surface area contributed by atoms with Crippen molar-refractivity contribution in [3.8, 4) is 0 Å². The minimum atomic E-state index is 0.0619. The van der Waals surface area contributed by atoms with Gasteiger partial charge in [-0.25, -0.2) is 0 Å². The smallest absolute Gasteiger partial charge is 0.251 e. The van der Waals surface area contributed by atoms with Gasteiger partial charge in [0.2, 0.25) is 0 Å². The van der Waals surface area contributed by atoms with E-state index < -0.39 is 0 Å². The van der Waals surface area contributed by atoms with Crippen molar-refractivity contribution in [2.24, 2.45) is 0 Å². The molecule has 76 valence electrons. The van der Waals surface area contributed by atoms with E-state index in [-0.39, 0.29) is 5.91 Å². The molecule has 1 N–H and O–H groups in total. The molecule has 2 rings (SSSR count). The van der Waals surface area contributed by atoms with Crippen LogP contribution in [0.2, 0.25) is 0 Å². The van der Waals surface area contributed by atoms with Gasteiger partial charge in [0, 0.05) is 12.1 Å². The molecule has 0 aromatic heterocycles. The molecule has 1 aliphatic heterocycles. The zero-order chi connectivity index (χ0) is 10.4. The summed E-state index contributed by atoms with van der Waals surface area (Å²) in [5.74, 6) is 0.0619. The van der Waals surface area contributed by atoms with Crippen LogP contribution in [0.1, 0.15) is 36.2 Å². The van der Waals surface area contributed by atoms with E-state index in [4.69, 9.17) is 0 Å². The molecule has 1 aliphatic rings. The maximum absolute atomic E-state index is 11.2. The molecule has 0 fully saturated rings. The highest BCUT2D eigenvalue weighted by atomic mass is 16.1. The van der Waals surface area contributed by atoms with Gasteiger partial charge in [-0.2, -0.15) is 0 Å². The van der Waals surface area contributed by atoms with E-state index in [1.54, 1.807) is 0 Å². The minimum absolute atomic E-state index is 0.0619. The van der Waals surface area contributed by atoms with Crippen molar-refractivity contribution in [1.29, 1.82) is 0 Å². The van der Waals surface area contributed by atoms with Crippen LogP contribution in [-0.4, -0.2) is 12.5 Å². The Labute approximate surface area is 85.3 Å². The molecule has 2 heteroatoms. The molecule has 0 spiro atoms. The van der Waals surface area contributed by atoms with Crippen LogP contribution in [0, 0.1) is 0 Å². The molecule has 0 atom stereocenters. The molecular formula is C12H17NO. The van der Waals surface area contributed by atoms with E-state index >= 15 is 0 Å². The van der Waals surface area contributed by atoms with E-state index in [1.165, 1.54) is 6.42 Å². The Hall–Kier alpha value is -1.31. The first-order valence-corrected chi connectivity index (χ1v) is 5.15. The second-order valence-electron chi connectivity index (χ2n) is 3.37. The summed E-state index contributed by atoms with van der Waals surface area (Å²) in [5, 5.41) is 2.80. The van der Waals surface area contributed by atoms with Crippen molar-refractivity contribution in [2.45, 2.75) is 26.7 Å². The third-order valence-corrected chi connectivity index (χ3v) is 1.94. The fourth-order valence-corrected chi connectivity index (χ4v) is 1.37. The van der Waals surface area contributed by atoms with Crippen LogP contribution in [0.4, 0.5) is 0 Å². The molecule has 14 heavy (non-hydrogen) atoms. The zero-order valence-electron chi connectivity index (χ0n) is 8.84. The third kappa shape index (κ3) is 2.59. The van der Waals surface area contributed by atoms with Gasteiger partial charge in [-0.15, -0.1) is 0 Å². The predicted octanol–water partition coefficient (Wildman–Crippen LogP) is 2.39. The molecule has 0 saturated carbocycles. The molecule has 0 unspecified atom stereocenters. The number of nitrogens with one attached hydrogen (secondary N) is 1. The van der Waals surface area contributed by atoms with Crippen LogP contribution < -0.4 is 5.32 Å². The van der Waals surface area contributed by atoms with Gasteiger partial charge in [0.15, 0.2) is 0 Å². The van der Waals surface area contributed by atoms with Gasteiger partial charge >= 0.3 is 0 Å². The number of carbonyl (C=O) groups is 1. The maximum Gasteiger partial charge on any atom is 0.251 e. The number of benzene rings is 1. The summed E-state index contributed by atoms with van der Waals surface area (Å²) in [6.45, 7) is 5.02. The molecule has 1 aromatic rings. The van der Waals surface area contributed by atoms with Crippen molar-refractivity contribution < 1.29 is 4.79 Å². The van der Waals surface area contributed by atoms with E-state index in [0.29, 0.717) is 0 Å². The van der Waals surface area contributed by atoms with Crippen molar-refractivity contribution in [2.75, 3.05) is 6.54 Å². The van der Waals surface area contributed by atoms with Crippen molar-refractivity contribution in [3.63, 3.8) is 0 Å². The first-order valence-electron chi connectivity index (χ1n) is 5.15. The summed E-state index contributed by atoms with van der Waals surface area (Å²) in [6.07, 6.45) is 2.21. The van der Waals surface area contributed by atoms with Gasteiger partial charge in [0.1, 0.15) is 0 Å². The van der Waals surface area contributed by atoms with Gasteiger partial charge < -0.3 is 5.32 Å². The summed E-state index contributed by atoms with van der Waals surface area (Å²) in [4.78, 5) is 11.2. The summed E-state index contributed by atoms with van der Waals surface area (Å²) in [5.41, 5.74) is 2.00. The molecule has 0 aliphatic carbocycles. The van der Waals surface area contributed by atoms with Crippen LogP contribution >= 0.6 is 0 Å². The zero-order valence-corrected chi connectivity index (χ0v) is 8.84. The number of hydrogen-bond donors (Lipinski definition) is 1. The van der Waals surface area contributed by atoms with Crippen LogP contribution in [-0.2, 0) is 6.42 Å². The number of rotatable bonds is 0. The molecule has 0 saturated heterocycles. The SMILES string of the molecule is CCC.O=C1NCCc2ccccc21. The lowest BCUT2D eigenvalue weighted by Gasteiger charge is -2.15. The van der Waals surface area contributed by atoms with Gasteiger partial charge in [-0.05, 0) is 18.1 Å². The lowest BCUT2D eigenvalue weighted by Crippen LogP contribution is -2.31. The molecule has 1 aromatic carbocycles. The second kappa shape index (κ2) is 5.43. The largest absolute Gasteiger partial charge is 0.352 e. The van der Waals surface area contributed by atoms with Crippen LogP contribution in [0.15, 0.2) is 24.3 Å². The molecule has 2 nitrogen and oxygen atoms in total. The Morgan fingerprint density at radius 3 is 2.57 bits per heavy atom. The van der Waals surface area contributed by atoms with E-state index in [0.717, 1.165) is 24.1 Å². The Bertz CT molecular complexity index is 307. The van der Waals surface area contributed by atoms with E-state index in [2.05, 4.69) is 19.2 Å². The van der Waals surface area contributed by atoms with Crippen LogP contribution in [0.25, 0.3) is 0 Å². The molecule has 1 heterocycles. The van der Waals surface area contributed by atoms with Gasteiger partial charge in [-0.3, -0.25) is 4.79 Å². The van der Waals surface area contributed by atoms with E-state index in [9.17, 15) is 4.79 Å². The quantitative estimate of drug-likeness (QED) is 0.670. The lowest BCUT2D eigenvalue weighted by molar-refractivity contribution is 0.0946. The highest BCUT2D eigenvalue weighted by molar-refractivity contribution is 5.96. The normalized spacial score (nSPS) is 13.4. The van der Waals surface area contributed by atoms with Crippen molar-refractivity contribution in [3.05, 3.63) is 35.4 Å². The first kappa shape index (κ1) is 10.8. The monoisotopic (exact) mass is 191 g/mol. The molecule has 0 radical (unpaired) electrons. The predicted molar refractivity (Wildman–Crippen MR) is 58.4 cm³/mol. The average molecular weight is 191 g/mol. The number of hydrogen-bond acceptors (Lipinski definition) is 1. The second-order valence-corrected chi connectivity index (χ2v) is 3.37. The topological polar surface area (TPSA) is 29.1 Å². The van der Waals surface area contributed by atoms with Crippen LogP contribution in [0.3, 0.4) is 0 Å². The molecule has 1 amide bonds. The third-order valence-electron chi connectivity index (χ3n) is 1.94. The highest BCUT2D eigenvalue weighted by Gasteiger charge is 2.14. The fourth-order valence-electron chi connectivity index (χ4n) is 1.37. The van der Waals surface area contributed by atoms with Gasteiger partial charge in [0.05, 0.1) is 0 Å². The Kier molecular flexibility index (Phi) is 4.17. The summed E-state index contributed by atoms with van der Waals surface area (Å²) >= 11 is 0. The standard InChI is InChI=1S/C9H9NO.C3H8/c11-9-8-4-2-1-3-7(8)5-6-10-9;1-3-2/h1-4H,5-6H2,(H,10,11);3H2,1-2H3. The lowest BCUT2D eigenvalue weighted by atomic mass is 10.0. The van der Waals surface area contributed by atoms with E-state index in [1.807, 2.05) is 24.3 Å². The number of carbonyl (C=O) groups excluding carboxylic acids is 1. The molecular weight excluding hydrogens is 174 g/mol. The Balaban J connectivity index is 0.000000293. The Morgan fingerprint density at radius 2 is 1.93 bits per heavy atom. The van der Waals surface area contributed by atoms with Crippen LogP contribution in [0.5, 0.6) is 0 Å². The van der Waals surface area contributed by atoms with Crippen molar-refractivity contribution in [1.82, 2.24) is 5.32 Å². The highest BCUT2D eigenvalue weighted by Crippen LogP contribution is 2.11. The maximum atomic E-state index is 11.2. The van der Waals surface area contributed by atoms with Crippen molar-refractivity contribution >= 4 is 5.91 Å². The average Bonchev–Trinajstić information content (AvgIpc) is 2.20.